The van der Waals surface area contributed by atoms with Gasteiger partial charge in [0.15, 0.2) is 0 Å². The lowest BCUT2D eigenvalue weighted by atomic mass is 10.1. The van der Waals surface area contributed by atoms with E-state index in [0.29, 0.717) is 6.04 Å². The summed E-state index contributed by atoms with van der Waals surface area (Å²) >= 11 is 0. The Morgan fingerprint density at radius 3 is 2.11 bits per heavy atom. The highest BCUT2D eigenvalue weighted by Gasteiger charge is 2.30. The molecule has 1 aliphatic rings. The van der Waals surface area contributed by atoms with Gasteiger partial charge < -0.3 is 5.32 Å². The van der Waals surface area contributed by atoms with E-state index in [4.69, 9.17) is 0 Å². The van der Waals surface area contributed by atoms with Crippen LogP contribution in [0.3, 0.4) is 0 Å². The predicted molar refractivity (Wildman–Crippen MR) is 40.4 cm³/mol. The summed E-state index contributed by atoms with van der Waals surface area (Å²) in [6.07, 6.45) is 1.18. The van der Waals surface area contributed by atoms with Crippen molar-refractivity contribution in [2.45, 2.75) is 38.8 Å². The van der Waals surface area contributed by atoms with Gasteiger partial charge in [0.05, 0.1) is 0 Å². The first-order valence-corrected chi connectivity index (χ1v) is 3.44. The first kappa shape index (κ1) is 6.81. The van der Waals surface area contributed by atoms with Crippen LogP contribution in [0.2, 0.25) is 0 Å². The fourth-order valence-electron chi connectivity index (χ4n) is 0.879. The molecule has 0 aromatic rings. The van der Waals surface area contributed by atoms with Gasteiger partial charge in [0.25, 0.3) is 0 Å². The van der Waals surface area contributed by atoms with Crippen molar-refractivity contribution >= 4 is 0 Å². The van der Waals surface area contributed by atoms with E-state index in [1.54, 1.807) is 0 Å². The minimum Gasteiger partial charge on any atom is -0.305 e. The number of hydrogen-bond acceptors (Lipinski definition) is 1. The predicted octanol–water partition coefficient (Wildman–Crippen LogP) is 1.70. The molecule has 0 amide bonds. The molecule has 52 valence electrons. The lowest BCUT2D eigenvalue weighted by Crippen LogP contribution is -2.37. The lowest BCUT2D eigenvalue weighted by Gasteiger charge is -2.19. The fraction of sp³-hybridized carbons (Fsp3) is 0.750. The smallest absolute Gasteiger partial charge is 0.0319 e. The van der Waals surface area contributed by atoms with Gasteiger partial charge in [-0.2, -0.15) is 0 Å². The fourth-order valence-corrected chi connectivity index (χ4v) is 0.879. The summed E-state index contributed by atoms with van der Waals surface area (Å²) in [6.45, 7) is 10.4. The SMILES string of the molecule is C=C1CC1NC(C)(C)C. The summed E-state index contributed by atoms with van der Waals surface area (Å²) in [5, 5.41) is 3.44. The molecule has 1 unspecified atom stereocenters. The van der Waals surface area contributed by atoms with Crippen LogP contribution in [0.4, 0.5) is 0 Å². The van der Waals surface area contributed by atoms with Gasteiger partial charge in [-0.1, -0.05) is 12.2 Å². The van der Waals surface area contributed by atoms with Crippen LogP contribution in [0.15, 0.2) is 12.2 Å². The Balaban J connectivity index is 2.27. The van der Waals surface area contributed by atoms with E-state index in [0.717, 1.165) is 0 Å². The first-order chi connectivity index (χ1) is 3.99. The first-order valence-electron chi connectivity index (χ1n) is 3.44. The van der Waals surface area contributed by atoms with Crippen LogP contribution in [0.25, 0.3) is 0 Å². The molecule has 0 heterocycles. The van der Waals surface area contributed by atoms with Gasteiger partial charge in [-0.3, -0.25) is 0 Å². The molecule has 1 atom stereocenters. The Hall–Kier alpha value is -0.300. The Kier molecular flexibility index (Phi) is 1.39. The Labute approximate surface area is 57.1 Å². The molecule has 0 saturated heterocycles. The van der Waals surface area contributed by atoms with Crippen LogP contribution in [0.5, 0.6) is 0 Å². The Morgan fingerprint density at radius 1 is 1.56 bits per heavy atom. The molecule has 1 aliphatic carbocycles. The van der Waals surface area contributed by atoms with Gasteiger partial charge in [0, 0.05) is 11.6 Å². The zero-order valence-electron chi connectivity index (χ0n) is 6.49. The third kappa shape index (κ3) is 2.19. The van der Waals surface area contributed by atoms with Crippen LogP contribution < -0.4 is 5.32 Å². The molecule has 1 N–H and O–H groups in total. The second-order valence-corrected chi connectivity index (χ2v) is 3.81. The van der Waals surface area contributed by atoms with Crippen molar-refractivity contribution in [1.29, 1.82) is 0 Å². The maximum atomic E-state index is 3.87. The molecule has 0 aliphatic heterocycles. The van der Waals surface area contributed by atoms with Gasteiger partial charge in [-0.05, 0) is 27.2 Å². The third-order valence-corrected chi connectivity index (χ3v) is 1.41. The largest absolute Gasteiger partial charge is 0.305 e. The van der Waals surface area contributed by atoms with Crippen molar-refractivity contribution in [1.82, 2.24) is 5.32 Å². The van der Waals surface area contributed by atoms with Gasteiger partial charge in [-0.15, -0.1) is 0 Å². The average Bonchev–Trinajstić information content (AvgIpc) is 2.13. The maximum Gasteiger partial charge on any atom is 0.0319 e. The highest BCUT2D eigenvalue weighted by molar-refractivity contribution is 5.25. The van der Waals surface area contributed by atoms with E-state index < -0.39 is 0 Å². The maximum absolute atomic E-state index is 3.87. The Bertz CT molecular complexity index is 130. The van der Waals surface area contributed by atoms with Gasteiger partial charge in [0.2, 0.25) is 0 Å². The minimum atomic E-state index is 0.254. The van der Waals surface area contributed by atoms with Crippen LogP contribution >= 0.6 is 0 Å². The van der Waals surface area contributed by atoms with Crippen LogP contribution in [0, 0.1) is 0 Å². The van der Waals surface area contributed by atoms with Crippen LogP contribution in [-0.4, -0.2) is 11.6 Å². The van der Waals surface area contributed by atoms with Gasteiger partial charge >= 0.3 is 0 Å². The normalized spacial score (nSPS) is 26.6. The molecule has 0 radical (unpaired) electrons. The standard InChI is InChI=1S/C8H15N/c1-6-5-7(6)9-8(2,3)4/h7,9H,1,5H2,2-4H3. The summed E-state index contributed by atoms with van der Waals surface area (Å²) in [4.78, 5) is 0. The topological polar surface area (TPSA) is 12.0 Å². The number of hydrogen-bond donors (Lipinski definition) is 1. The van der Waals surface area contributed by atoms with Crippen LogP contribution in [-0.2, 0) is 0 Å². The zero-order chi connectivity index (χ0) is 7.07. The number of nitrogens with one attached hydrogen (secondary N) is 1. The van der Waals surface area contributed by atoms with E-state index in [-0.39, 0.29) is 5.54 Å². The molecule has 1 heteroatoms. The second kappa shape index (κ2) is 1.84. The third-order valence-electron chi connectivity index (χ3n) is 1.41. The Morgan fingerprint density at radius 2 is 2.00 bits per heavy atom. The molecule has 1 saturated carbocycles. The van der Waals surface area contributed by atoms with Gasteiger partial charge in [0.1, 0.15) is 0 Å². The molecular formula is C8H15N. The molecule has 0 aromatic heterocycles. The van der Waals surface area contributed by atoms with Crippen molar-refractivity contribution < 1.29 is 0 Å². The van der Waals surface area contributed by atoms with Gasteiger partial charge in [-0.25, -0.2) is 0 Å². The average molecular weight is 125 g/mol. The van der Waals surface area contributed by atoms with Crippen molar-refractivity contribution in [2.24, 2.45) is 0 Å². The van der Waals surface area contributed by atoms with Crippen molar-refractivity contribution in [2.75, 3.05) is 0 Å². The molecule has 1 nitrogen and oxygen atoms in total. The van der Waals surface area contributed by atoms with Crippen molar-refractivity contribution in [3.05, 3.63) is 12.2 Å². The summed E-state index contributed by atoms with van der Waals surface area (Å²) in [5.74, 6) is 0. The molecule has 1 rings (SSSR count). The van der Waals surface area contributed by atoms with E-state index >= 15 is 0 Å². The molecule has 1 fully saturated rings. The summed E-state index contributed by atoms with van der Waals surface area (Å²) in [7, 11) is 0. The highest BCUT2D eigenvalue weighted by Crippen LogP contribution is 2.28. The lowest BCUT2D eigenvalue weighted by molar-refractivity contribution is 0.428. The molecule has 9 heavy (non-hydrogen) atoms. The highest BCUT2D eigenvalue weighted by atomic mass is 15.0. The van der Waals surface area contributed by atoms with E-state index in [9.17, 15) is 0 Å². The summed E-state index contributed by atoms with van der Waals surface area (Å²) < 4.78 is 0. The van der Waals surface area contributed by atoms with E-state index in [1.165, 1.54) is 12.0 Å². The number of rotatable bonds is 1. The zero-order valence-corrected chi connectivity index (χ0v) is 6.49. The summed E-state index contributed by atoms with van der Waals surface area (Å²) in [6, 6.07) is 0.616. The van der Waals surface area contributed by atoms with Crippen molar-refractivity contribution in [3.63, 3.8) is 0 Å². The molecular weight excluding hydrogens is 110 g/mol. The molecule has 0 bridgehead atoms. The monoisotopic (exact) mass is 125 g/mol. The molecule has 0 spiro atoms. The minimum absolute atomic E-state index is 0.254. The second-order valence-electron chi connectivity index (χ2n) is 3.81. The quantitative estimate of drug-likeness (QED) is 0.526. The summed E-state index contributed by atoms with van der Waals surface area (Å²) in [5.41, 5.74) is 1.61. The molecule has 0 aromatic carbocycles. The van der Waals surface area contributed by atoms with Crippen molar-refractivity contribution in [3.8, 4) is 0 Å². The van der Waals surface area contributed by atoms with E-state index in [1.807, 2.05) is 0 Å². The van der Waals surface area contributed by atoms with Crippen LogP contribution in [0.1, 0.15) is 27.2 Å². The van der Waals surface area contributed by atoms with E-state index in [2.05, 4.69) is 32.7 Å².